The van der Waals surface area contributed by atoms with E-state index in [1.807, 2.05) is 0 Å². The quantitative estimate of drug-likeness (QED) is 0.381. The highest BCUT2D eigenvalue weighted by Gasteiger charge is 2.31. The highest BCUT2D eigenvalue weighted by molar-refractivity contribution is 9.26. The van der Waals surface area contributed by atoms with Crippen LogP contribution in [0, 0.1) is 0 Å². The van der Waals surface area contributed by atoms with Crippen molar-refractivity contribution in [3.05, 3.63) is 108 Å². The van der Waals surface area contributed by atoms with Crippen LogP contribution in [-0.2, 0) is 18.1 Å². The van der Waals surface area contributed by atoms with Gasteiger partial charge in [-0.15, -0.1) is 15.3 Å². The molecule has 0 fully saturated rings. The van der Waals surface area contributed by atoms with Gasteiger partial charge in [0, 0.05) is 0 Å². The van der Waals surface area contributed by atoms with Crippen molar-refractivity contribution in [3.63, 3.8) is 0 Å². The lowest BCUT2D eigenvalue weighted by atomic mass is 10.2. The largest absolute Gasteiger partial charge is 0.143 e. The van der Waals surface area contributed by atoms with E-state index in [0.29, 0.717) is 0 Å². The summed E-state index contributed by atoms with van der Waals surface area (Å²) < 4.78 is 0. The van der Waals surface area contributed by atoms with Gasteiger partial charge in [0.25, 0.3) is 0 Å². The predicted molar refractivity (Wildman–Crippen MR) is 105 cm³/mol. The molecule has 0 saturated heterocycles. The van der Waals surface area contributed by atoms with E-state index in [4.69, 9.17) is 0 Å². The fraction of sp³-hybridized carbons (Fsp3) is 0.143. The molecule has 0 N–H and O–H groups in total. The van der Waals surface area contributed by atoms with Crippen molar-refractivity contribution < 1.29 is 0 Å². The molecule has 0 bridgehead atoms. The maximum absolute atomic E-state index is 4.23. The summed E-state index contributed by atoms with van der Waals surface area (Å²) in [6, 6.07) is 36.1. The number of halogens is 1. The summed E-state index contributed by atoms with van der Waals surface area (Å²) in [6.45, 7) is -1.66. The third kappa shape index (κ3) is 4.92. The Kier molecular flexibility index (Phi) is 5.47. The molecular formula is C21H21BrSi. The first kappa shape index (κ1) is 16.2. The molecule has 0 amide bonds. The first-order valence-electron chi connectivity index (χ1n) is 8.04. The fourth-order valence-corrected chi connectivity index (χ4v) is 9.26. The molecule has 0 nitrogen and oxygen atoms in total. The van der Waals surface area contributed by atoms with Gasteiger partial charge in [0.2, 0.25) is 0 Å². The Balaban J connectivity index is 1.85. The monoisotopic (exact) mass is 380 g/mol. The molecule has 116 valence electrons. The zero-order valence-corrected chi connectivity index (χ0v) is 15.7. The van der Waals surface area contributed by atoms with Gasteiger partial charge in [-0.2, -0.15) is 0 Å². The van der Waals surface area contributed by atoms with Gasteiger partial charge in [-0.1, -0.05) is 91.0 Å². The molecule has 0 heterocycles. The zero-order valence-electron chi connectivity index (χ0n) is 13.2. The topological polar surface area (TPSA) is 0 Å². The molecule has 0 aliphatic rings. The van der Waals surface area contributed by atoms with Gasteiger partial charge < -0.3 is 0 Å². The molecule has 0 saturated carbocycles. The molecule has 0 unspecified atom stereocenters. The molecule has 0 aliphatic carbocycles. The summed E-state index contributed by atoms with van der Waals surface area (Å²) in [4.78, 5) is 0. The Morgan fingerprint density at radius 2 is 0.739 bits per heavy atom. The first-order chi connectivity index (χ1) is 11.2. The average Bonchev–Trinajstić information content (AvgIpc) is 2.57. The molecule has 3 aromatic carbocycles. The second-order valence-corrected chi connectivity index (χ2v) is 14.5. The SMILES string of the molecule is Br[Si](Cc1ccccc1)(Cc1ccccc1)Cc1ccccc1. The Morgan fingerprint density at radius 1 is 0.478 bits per heavy atom. The molecular weight excluding hydrogens is 360 g/mol. The van der Waals surface area contributed by atoms with E-state index < -0.39 is 6.69 Å². The highest BCUT2D eigenvalue weighted by Crippen LogP contribution is 2.27. The Morgan fingerprint density at radius 3 is 1.00 bits per heavy atom. The number of rotatable bonds is 6. The van der Waals surface area contributed by atoms with E-state index in [9.17, 15) is 0 Å². The second-order valence-electron chi connectivity index (χ2n) is 6.14. The highest BCUT2D eigenvalue weighted by atomic mass is 79.9. The van der Waals surface area contributed by atoms with Crippen LogP contribution >= 0.6 is 15.3 Å². The van der Waals surface area contributed by atoms with E-state index in [1.54, 1.807) is 0 Å². The van der Waals surface area contributed by atoms with E-state index >= 15 is 0 Å². The summed E-state index contributed by atoms with van der Waals surface area (Å²) in [6.07, 6.45) is 0. The van der Waals surface area contributed by atoms with Crippen molar-refractivity contribution in [1.29, 1.82) is 0 Å². The lowest BCUT2D eigenvalue weighted by Gasteiger charge is -2.26. The fourth-order valence-electron chi connectivity index (χ4n) is 3.07. The van der Waals surface area contributed by atoms with Gasteiger partial charge in [0.1, 0.15) is 6.69 Å². The minimum atomic E-state index is -1.66. The van der Waals surface area contributed by atoms with Gasteiger partial charge in [0.05, 0.1) is 0 Å². The van der Waals surface area contributed by atoms with Crippen LogP contribution in [0.15, 0.2) is 91.0 Å². The average molecular weight is 381 g/mol. The first-order valence-corrected chi connectivity index (χ1v) is 12.9. The second kappa shape index (κ2) is 7.76. The molecule has 0 aromatic heterocycles. The van der Waals surface area contributed by atoms with Crippen molar-refractivity contribution in [2.24, 2.45) is 0 Å². The summed E-state index contributed by atoms with van der Waals surface area (Å²) in [5.41, 5.74) is 4.30. The molecule has 0 aliphatic heterocycles. The van der Waals surface area contributed by atoms with Crippen LogP contribution in [0.5, 0.6) is 0 Å². The summed E-state index contributed by atoms with van der Waals surface area (Å²) in [5, 5.41) is 0. The molecule has 23 heavy (non-hydrogen) atoms. The standard InChI is InChI=1S/C21H21BrSi/c22-23(16-19-10-4-1-5-11-19,17-20-12-6-2-7-13-20)18-21-14-8-3-9-15-21/h1-15H,16-18H2. The zero-order chi connectivity index (χ0) is 16.0. The molecule has 2 heteroatoms. The predicted octanol–water partition coefficient (Wildman–Crippen LogP) is 5.67. The van der Waals surface area contributed by atoms with Crippen LogP contribution in [0.25, 0.3) is 0 Å². The number of hydrogen-bond acceptors (Lipinski definition) is 0. The third-order valence-corrected chi connectivity index (χ3v) is 9.74. The van der Waals surface area contributed by atoms with Gasteiger partial charge in [0.15, 0.2) is 0 Å². The lowest BCUT2D eigenvalue weighted by Crippen LogP contribution is -2.37. The van der Waals surface area contributed by atoms with Gasteiger partial charge >= 0.3 is 0 Å². The minimum absolute atomic E-state index is 1.15. The van der Waals surface area contributed by atoms with Gasteiger partial charge in [-0.25, -0.2) is 0 Å². The van der Waals surface area contributed by atoms with Crippen LogP contribution in [0.3, 0.4) is 0 Å². The lowest BCUT2D eigenvalue weighted by molar-refractivity contribution is 1.18. The summed E-state index contributed by atoms with van der Waals surface area (Å²) in [7, 11) is 0. The third-order valence-electron chi connectivity index (χ3n) is 4.09. The van der Waals surface area contributed by atoms with Crippen LogP contribution in [0.4, 0.5) is 0 Å². The maximum atomic E-state index is 4.23. The molecule has 0 atom stereocenters. The van der Waals surface area contributed by atoms with Gasteiger partial charge in [-0.05, 0) is 34.8 Å². The van der Waals surface area contributed by atoms with Crippen LogP contribution in [-0.4, -0.2) is 6.69 Å². The van der Waals surface area contributed by atoms with Crippen LogP contribution < -0.4 is 0 Å². The van der Waals surface area contributed by atoms with Crippen molar-refractivity contribution in [3.8, 4) is 0 Å². The van der Waals surface area contributed by atoms with Crippen LogP contribution in [0.1, 0.15) is 16.7 Å². The molecule has 0 spiro atoms. The van der Waals surface area contributed by atoms with Crippen molar-refractivity contribution in [2.45, 2.75) is 18.1 Å². The van der Waals surface area contributed by atoms with E-state index in [1.165, 1.54) is 16.7 Å². The van der Waals surface area contributed by atoms with E-state index in [0.717, 1.165) is 18.1 Å². The van der Waals surface area contributed by atoms with Crippen molar-refractivity contribution in [2.75, 3.05) is 0 Å². The minimum Gasteiger partial charge on any atom is -0.125 e. The smallest absolute Gasteiger partial charge is 0.125 e. The normalized spacial score (nSPS) is 11.3. The Bertz CT molecular complexity index is 609. The Labute approximate surface area is 147 Å². The van der Waals surface area contributed by atoms with Gasteiger partial charge in [-0.3, -0.25) is 0 Å². The summed E-state index contributed by atoms with van der Waals surface area (Å²) in [5.74, 6) is 0. The molecule has 3 aromatic rings. The Hall–Kier alpha value is -1.64. The molecule has 0 radical (unpaired) electrons. The van der Waals surface area contributed by atoms with Crippen LogP contribution in [0.2, 0.25) is 0 Å². The van der Waals surface area contributed by atoms with Crippen molar-refractivity contribution in [1.82, 2.24) is 0 Å². The van der Waals surface area contributed by atoms with E-state index in [-0.39, 0.29) is 0 Å². The van der Waals surface area contributed by atoms with E-state index in [2.05, 4.69) is 106 Å². The maximum Gasteiger partial charge on any atom is 0.143 e. The number of hydrogen-bond donors (Lipinski definition) is 0. The number of benzene rings is 3. The summed E-state index contributed by atoms with van der Waals surface area (Å²) >= 11 is 4.23. The molecule has 3 rings (SSSR count). The van der Waals surface area contributed by atoms with Crippen molar-refractivity contribution >= 4 is 22.0 Å².